The van der Waals surface area contributed by atoms with Crippen LogP contribution in [0.15, 0.2) is 71.6 Å². The minimum atomic E-state index is 0.557. The molecule has 1 heterocycles. The summed E-state index contributed by atoms with van der Waals surface area (Å²) in [5.74, 6) is 1.26. The minimum Gasteiger partial charge on any atom is -0.492 e. The predicted octanol–water partition coefficient (Wildman–Crippen LogP) is 6.86. The lowest BCUT2D eigenvalue weighted by Crippen LogP contribution is -2.17. The van der Waals surface area contributed by atoms with Crippen LogP contribution >= 0.6 is 35.1 Å². The fourth-order valence-corrected chi connectivity index (χ4v) is 4.45. The standard InChI is InChI=1S/C22H20Cl2N2OS/c23-12-5-13-27-20-10-4-9-19(22(20)24)16-7-3-8-18(14-16)25-26-15-17-6-1-2-11-21(17)28-26/h1-4,6-11,14,25H,5,12-13,15H2. The van der Waals surface area contributed by atoms with E-state index in [4.69, 9.17) is 27.9 Å². The Morgan fingerprint density at radius 3 is 2.75 bits per heavy atom. The summed E-state index contributed by atoms with van der Waals surface area (Å²) in [4.78, 5) is 1.29. The quantitative estimate of drug-likeness (QED) is 0.251. The molecule has 0 saturated carbocycles. The van der Waals surface area contributed by atoms with Crippen molar-refractivity contribution in [2.24, 2.45) is 0 Å². The highest BCUT2D eigenvalue weighted by molar-refractivity contribution is 7.97. The number of fused-ring (bicyclic) bond motifs is 1. The van der Waals surface area contributed by atoms with Crippen LogP contribution < -0.4 is 10.2 Å². The highest BCUT2D eigenvalue weighted by atomic mass is 35.5. The number of alkyl halides is 1. The highest BCUT2D eigenvalue weighted by Crippen LogP contribution is 2.38. The van der Waals surface area contributed by atoms with E-state index < -0.39 is 0 Å². The molecule has 0 fully saturated rings. The fraction of sp³-hybridized carbons (Fsp3) is 0.182. The molecule has 1 N–H and O–H groups in total. The van der Waals surface area contributed by atoms with Gasteiger partial charge in [0, 0.05) is 16.3 Å². The zero-order chi connectivity index (χ0) is 19.3. The third-order valence-electron chi connectivity index (χ3n) is 4.42. The van der Waals surface area contributed by atoms with Crippen LogP contribution in [0, 0.1) is 0 Å². The molecule has 0 unspecified atom stereocenters. The molecule has 3 aromatic carbocycles. The second-order valence-electron chi connectivity index (χ2n) is 6.44. The van der Waals surface area contributed by atoms with Gasteiger partial charge < -0.3 is 10.2 Å². The summed E-state index contributed by atoms with van der Waals surface area (Å²) in [6, 6.07) is 22.6. The van der Waals surface area contributed by atoms with Crippen molar-refractivity contribution in [3.63, 3.8) is 0 Å². The van der Waals surface area contributed by atoms with Crippen LogP contribution in [-0.4, -0.2) is 16.9 Å². The van der Waals surface area contributed by atoms with Crippen LogP contribution in [0.4, 0.5) is 5.69 Å². The summed E-state index contributed by atoms with van der Waals surface area (Å²) in [5.41, 5.74) is 7.82. The molecular formula is C22H20Cl2N2OS. The number of halogens is 2. The predicted molar refractivity (Wildman–Crippen MR) is 119 cm³/mol. The average molecular weight is 431 g/mol. The minimum absolute atomic E-state index is 0.557. The molecule has 0 atom stereocenters. The summed E-state index contributed by atoms with van der Waals surface area (Å²) < 4.78 is 7.91. The van der Waals surface area contributed by atoms with Gasteiger partial charge in [-0.1, -0.05) is 54.1 Å². The van der Waals surface area contributed by atoms with E-state index in [0.29, 0.717) is 23.3 Å². The van der Waals surface area contributed by atoms with Gasteiger partial charge in [-0.05, 0) is 53.8 Å². The molecule has 4 rings (SSSR count). The van der Waals surface area contributed by atoms with Crippen molar-refractivity contribution in [2.75, 3.05) is 17.9 Å². The van der Waals surface area contributed by atoms with Gasteiger partial charge in [0.25, 0.3) is 0 Å². The smallest absolute Gasteiger partial charge is 0.138 e. The summed E-state index contributed by atoms with van der Waals surface area (Å²) in [5, 5.41) is 0.622. The molecular weight excluding hydrogens is 411 g/mol. The molecule has 0 aliphatic carbocycles. The number of anilines is 1. The molecule has 0 aromatic heterocycles. The Morgan fingerprint density at radius 1 is 1.04 bits per heavy atom. The summed E-state index contributed by atoms with van der Waals surface area (Å²) in [7, 11) is 0. The Morgan fingerprint density at radius 2 is 1.89 bits per heavy atom. The lowest BCUT2D eigenvalue weighted by Gasteiger charge is -2.17. The Bertz CT molecular complexity index is 942. The zero-order valence-corrected chi connectivity index (χ0v) is 17.5. The summed E-state index contributed by atoms with van der Waals surface area (Å²) >= 11 is 14.1. The van der Waals surface area contributed by atoms with E-state index in [9.17, 15) is 0 Å². The van der Waals surface area contributed by atoms with Crippen molar-refractivity contribution in [2.45, 2.75) is 17.9 Å². The van der Waals surface area contributed by atoms with Gasteiger partial charge in [0.05, 0.1) is 23.9 Å². The normalized spacial score (nSPS) is 13.4. The molecule has 3 aromatic rings. The van der Waals surface area contributed by atoms with Gasteiger partial charge in [-0.25, -0.2) is 0 Å². The van der Waals surface area contributed by atoms with Gasteiger partial charge in [0.2, 0.25) is 0 Å². The summed E-state index contributed by atoms with van der Waals surface area (Å²) in [6.07, 6.45) is 0.789. The van der Waals surface area contributed by atoms with Crippen LogP contribution in [0.2, 0.25) is 5.02 Å². The number of hydrogen-bond acceptors (Lipinski definition) is 4. The van der Waals surface area contributed by atoms with Crippen molar-refractivity contribution in [1.29, 1.82) is 0 Å². The van der Waals surface area contributed by atoms with Gasteiger partial charge in [0.1, 0.15) is 5.75 Å². The number of hydrogen-bond donors (Lipinski definition) is 1. The molecule has 0 bridgehead atoms. The molecule has 0 amide bonds. The van der Waals surface area contributed by atoms with Crippen LogP contribution in [0.3, 0.4) is 0 Å². The molecule has 1 aliphatic heterocycles. The molecule has 6 heteroatoms. The van der Waals surface area contributed by atoms with E-state index in [1.807, 2.05) is 24.3 Å². The zero-order valence-electron chi connectivity index (χ0n) is 15.2. The highest BCUT2D eigenvalue weighted by Gasteiger charge is 2.19. The maximum atomic E-state index is 6.61. The fourth-order valence-electron chi connectivity index (χ4n) is 3.07. The van der Waals surface area contributed by atoms with Gasteiger partial charge >= 0.3 is 0 Å². The van der Waals surface area contributed by atoms with Crippen molar-refractivity contribution in [3.8, 4) is 16.9 Å². The molecule has 144 valence electrons. The average Bonchev–Trinajstić information content (AvgIpc) is 3.12. The number of rotatable bonds is 7. The second kappa shape index (κ2) is 9.10. The molecule has 1 aliphatic rings. The van der Waals surface area contributed by atoms with E-state index >= 15 is 0 Å². The van der Waals surface area contributed by atoms with Gasteiger partial charge in [-0.3, -0.25) is 0 Å². The van der Waals surface area contributed by atoms with Crippen LogP contribution in [0.1, 0.15) is 12.0 Å². The number of ether oxygens (including phenoxy) is 1. The lowest BCUT2D eigenvalue weighted by molar-refractivity contribution is 0.318. The van der Waals surface area contributed by atoms with Gasteiger partial charge in [-0.2, -0.15) is 4.41 Å². The molecule has 0 radical (unpaired) electrons. The first kappa shape index (κ1) is 19.5. The number of benzene rings is 3. The van der Waals surface area contributed by atoms with E-state index in [1.165, 1.54) is 10.5 Å². The van der Waals surface area contributed by atoms with Crippen molar-refractivity contribution < 1.29 is 4.74 Å². The largest absolute Gasteiger partial charge is 0.492 e. The number of hydrazine groups is 1. The van der Waals surface area contributed by atoms with Crippen LogP contribution in [0.5, 0.6) is 5.75 Å². The number of nitrogens with one attached hydrogen (secondary N) is 1. The summed E-state index contributed by atoms with van der Waals surface area (Å²) in [6.45, 7) is 1.41. The van der Waals surface area contributed by atoms with Crippen molar-refractivity contribution >= 4 is 40.8 Å². The molecule has 0 saturated heterocycles. The van der Waals surface area contributed by atoms with E-state index in [1.54, 1.807) is 11.9 Å². The Hall–Kier alpha value is -1.85. The Kier molecular flexibility index (Phi) is 6.33. The topological polar surface area (TPSA) is 24.5 Å². The SMILES string of the molecule is ClCCCOc1cccc(-c2cccc(NN3Cc4ccccc4S3)c2)c1Cl. The third-order valence-corrected chi connectivity index (χ3v) is 6.11. The molecule has 0 spiro atoms. The molecule has 3 nitrogen and oxygen atoms in total. The van der Waals surface area contributed by atoms with E-state index in [2.05, 4.69) is 52.3 Å². The first-order valence-electron chi connectivity index (χ1n) is 9.12. The van der Waals surface area contributed by atoms with Crippen molar-refractivity contribution in [1.82, 2.24) is 4.41 Å². The van der Waals surface area contributed by atoms with Crippen LogP contribution in [0.25, 0.3) is 11.1 Å². The first-order valence-corrected chi connectivity index (χ1v) is 10.8. The lowest BCUT2D eigenvalue weighted by atomic mass is 10.0. The Labute approximate surface area is 179 Å². The molecule has 28 heavy (non-hydrogen) atoms. The number of nitrogens with zero attached hydrogens (tertiary/aromatic N) is 1. The van der Waals surface area contributed by atoms with Gasteiger partial charge in [0.15, 0.2) is 0 Å². The van der Waals surface area contributed by atoms with Gasteiger partial charge in [-0.15, -0.1) is 11.6 Å². The van der Waals surface area contributed by atoms with E-state index in [0.717, 1.165) is 29.8 Å². The van der Waals surface area contributed by atoms with Crippen LogP contribution in [-0.2, 0) is 6.54 Å². The maximum absolute atomic E-state index is 6.61. The monoisotopic (exact) mass is 430 g/mol. The maximum Gasteiger partial charge on any atom is 0.138 e. The van der Waals surface area contributed by atoms with E-state index in [-0.39, 0.29) is 0 Å². The Balaban J connectivity index is 1.51. The third kappa shape index (κ3) is 4.41. The van der Waals surface area contributed by atoms with Crippen molar-refractivity contribution in [3.05, 3.63) is 77.3 Å². The first-order chi connectivity index (χ1) is 13.7. The second-order valence-corrected chi connectivity index (χ2v) is 8.26.